The molecule has 116 valence electrons. The van der Waals surface area contributed by atoms with Crippen LogP contribution in [0.3, 0.4) is 0 Å². The summed E-state index contributed by atoms with van der Waals surface area (Å²) in [7, 11) is 1.60. The summed E-state index contributed by atoms with van der Waals surface area (Å²) in [5, 5.41) is 16.7. The van der Waals surface area contributed by atoms with Crippen molar-refractivity contribution in [2.45, 2.75) is 32.9 Å². The van der Waals surface area contributed by atoms with E-state index in [1.54, 1.807) is 19.2 Å². The molecule has 1 unspecified atom stereocenters. The predicted molar refractivity (Wildman–Crippen MR) is 84.9 cm³/mol. The SMILES string of the molecule is CNC(=O)C(CC(C)C)NCc1ccc(Br)c([N+](=O)[O-])c1. The van der Waals surface area contributed by atoms with Crippen LogP contribution in [0.25, 0.3) is 0 Å². The number of halogens is 1. The fourth-order valence-electron chi connectivity index (χ4n) is 1.98. The zero-order valence-electron chi connectivity index (χ0n) is 12.4. The molecule has 1 rings (SSSR count). The number of nitrogens with zero attached hydrogens (tertiary/aromatic N) is 1. The minimum atomic E-state index is -0.433. The van der Waals surface area contributed by atoms with Gasteiger partial charge in [-0.1, -0.05) is 19.9 Å². The van der Waals surface area contributed by atoms with Crippen molar-refractivity contribution >= 4 is 27.5 Å². The summed E-state index contributed by atoms with van der Waals surface area (Å²) in [6.45, 7) is 4.49. The minimum absolute atomic E-state index is 0.0228. The lowest BCUT2D eigenvalue weighted by Crippen LogP contribution is -2.43. The van der Waals surface area contributed by atoms with Gasteiger partial charge in [-0.2, -0.15) is 0 Å². The molecule has 2 N–H and O–H groups in total. The molecule has 1 aromatic carbocycles. The Morgan fingerprint density at radius 3 is 2.62 bits per heavy atom. The van der Waals surface area contributed by atoms with Gasteiger partial charge in [0.15, 0.2) is 0 Å². The van der Waals surface area contributed by atoms with Gasteiger partial charge in [-0.05, 0) is 39.9 Å². The monoisotopic (exact) mass is 357 g/mol. The average molecular weight is 358 g/mol. The van der Waals surface area contributed by atoms with Crippen molar-refractivity contribution < 1.29 is 9.72 Å². The molecule has 1 atom stereocenters. The average Bonchev–Trinajstić information content (AvgIpc) is 2.43. The number of nitro benzene ring substituents is 1. The molecule has 21 heavy (non-hydrogen) atoms. The van der Waals surface area contributed by atoms with Crippen LogP contribution >= 0.6 is 15.9 Å². The summed E-state index contributed by atoms with van der Waals surface area (Å²) in [5.74, 6) is 0.300. The van der Waals surface area contributed by atoms with Crippen LogP contribution in [0.2, 0.25) is 0 Å². The lowest BCUT2D eigenvalue weighted by Gasteiger charge is -2.19. The smallest absolute Gasteiger partial charge is 0.283 e. The predicted octanol–water partition coefficient (Wildman–Crippen LogP) is 2.61. The maximum absolute atomic E-state index is 11.8. The van der Waals surface area contributed by atoms with E-state index in [-0.39, 0.29) is 17.6 Å². The lowest BCUT2D eigenvalue weighted by atomic mass is 10.0. The van der Waals surface area contributed by atoms with Crippen molar-refractivity contribution in [3.63, 3.8) is 0 Å². The molecule has 0 saturated heterocycles. The van der Waals surface area contributed by atoms with Gasteiger partial charge in [0.05, 0.1) is 15.4 Å². The Balaban J connectivity index is 2.78. The molecule has 0 aliphatic rings. The number of nitro groups is 1. The Hall–Kier alpha value is -1.47. The highest BCUT2D eigenvalue weighted by Crippen LogP contribution is 2.25. The second-order valence-electron chi connectivity index (χ2n) is 5.22. The maximum atomic E-state index is 11.8. The van der Waals surface area contributed by atoms with Gasteiger partial charge < -0.3 is 10.6 Å². The van der Waals surface area contributed by atoms with Crippen molar-refractivity contribution in [2.24, 2.45) is 5.92 Å². The number of amides is 1. The highest BCUT2D eigenvalue weighted by atomic mass is 79.9. The molecule has 0 bridgehead atoms. The first kappa shape index (κ1) is 17.6. The van der Waals surface area contributed by atoms with E-state index in [2.05, 4.69) is 26.6 Å². The Labute approximate surface area is 132 Å². The summed E-state index contributed by atoms with van der Waals surface area (Å²) < 4.78 is 0.446. The summed E-state index contributed by atoms with van der Waals surface area (Å²) in [5.41, 5.74) is 0.789. The first-order chi connectivity index (χ1) is 9.85. The van der Waals surface area contributed by atoms with E-state index < -0.39 is 4.92 Å². The van der Waals surface area contributed by atoms with E-state index >= 15 is 0 Å². The number of nitrogens with one attached hydrogen (secondary N) is 2. The Bertz CT molecular complexity index is 520. The third-order valence-corrected chi connectivity index (χ3v) is 3.70. The van der Waals surface area contributed by atoms with Crippen LogP contribution < -0.4 is 10.6 Å². The van der Waals surface area contributed by atoms with Gasteiger partial charge in [-0.25, -0.2) is 0 Å². The molecule has 0 aliphatic heterocycles. The number of benzene rings is 1. The van der Waals surface area contributed by atoms with E-state index in [0.29, 0.717) is 23.4 Å². The molecule has 0 saturated carbocycles. The van der Waals surface area contributed by atoms with Crippen LogP contribution in [0, 0.1) is 16.0 Å². The van der Waals surface area contributed by atoms with Gasteiger partial charge in [0.2, 0.25) is 5.91 Å². The van der Waals surface area contributed by atoms with Crippen molar-refractivity contribution in [3.05, 3.63) is 38.3 Å². The molecule has 0 fully saturated rings. The second kappa shape index (κ2) is 8.09. The fraction of sp³-hybridized carbons (Fsp3) is 0.500. The highest BCUT2D eigenvalue weighted by Gasteiger charge is 2.19. The molecule has 0 heterocycles. The largest absolute Gasteiger partial charge is 0.358 e. The van der Waals surface area contributed by atoms with Gasteiger partial charge in [-0.15, -0.1) is 0 Å². The fourth-order valence-corrected chi connectivity index (χ4v) is 2.37. The molecule has 6 nitrogen and oxygen atoms in total. The Kier molecular flexibility index (Phi) is 6.77. The normalized spacial score (nSPS) is 12.2. The van der Waals surface area contributed by atoms with E-state index in [1.165, 1.54) is 6.07 Å². The number of hydrogen-bond donors (Lipinski definition) is 2. The van der Waals surface area contributed by atoms with Crippen LogP contribution in [0.5, 0.6) is 0 Å². The zero-order chi connectivity index (χ0) is 16.0. The molecule has 0 aromatic heterocycles. The molecule has 0 radical (unpaired) electrons. The van der Waals surface area contributed by atoms with Crippen molar-refractivity contribution in [2.75, 3.05) is 7.05 Å². The highest BCUT2D eigenvalue weighted by molar-refractivity contribution is 9.10. The lowest BCUT2D eigenvalue weighted by molar-refractivity contribution is -0.385. The van der Waals surface area contributed by atoms with Crippen molar-refractivity contribution in [1.82, 2.24) is 10.6 Å². The third kappa shape index (κ3) is 5.43. The number of likely N-dealkylation sites (N-methyl/N-ethyl adjacent to an activating group) is 1. The Morgan fingerprint density at radius 1 is 1.43 bits per heavy atom. The van der Waals surface area contributed by atoms with Gasteiger partial charge in [-0.3, -0.25) is 14.9 Å². The van der Waals surface area contributed by atoms with Gasteiger partial charge in [0.1, 0.15) is 0 Å². The quantitative estimate of drug-likeness (QED) is 0.580. The zero-order valence-corrected chi connectivity index (χ0v) is 13.9. The van der Waals surface area contributed by atoms with Crippen LogP contribution in [0.15, 0.2) is 22.7 Å². The standard InChI is InChI=1S/C14H20BrN3O3/c1-9(2)6-12(14(19)16-3)17-8-10-4-5-11(15)13(7-10)18(20)21/h4-5,7,9,12,17H,6,8H2,1-3H3,(H,16,19). The summed E-state index contributed by atoms with van der Waals surface area (Å²) >= 11 is 3.15. The van der Waals surface area contributed by atoms with Crippen LogP contribution in [-0.4, -0.2) is 23.9 Å². The van der Waals surface area contributed by atoms with Crippen LogP contribution in [0.4, 0.5) is 5.69 Å². The van der Waals surface area contributed by atoms with Gasteiger partial charge >= 0.3 is 0 Å². The number of hydrogen-bond acceptors (Lipinski definition) is 4. The number of carbonyl (C=O) groups is 1. The first-order valence-electron chi connectivity index (χ1n) is 6.73. The van der Waals surface area contributed by atoms with Crippen molar-refractivity contribution in [1.29, 1.82) is 0 Å². The molecule has 1 aromatic rings. The maximum Gasteiger partial charge on any atom is 0.283 e. The van der Waals surface area contributed by atoms with Crippen LogP contribution in [-0.2, 0) is 11.3 Å². The topological polar surface area (TPSA) is 84.3 Å². The van der Waals surface area contributed by atoms with Crippen LogP contribution in [0.1, 0.15) is 25.8 Å². The Morgan fingerprint density at radius 2 is 2.10 bits per heavy atom. The van der Waals surface area contributed by atoms with E-state index in [4.69, 9.17) is 0 Å². The summed E-state index contributed by atoms with van der Waals surface area (Å²) in [6, 6.07) is 4.64. The number of carbonyl (C=O) groups excluding carboxylic acids is 1. The summed E-state index contributed by atoms with van der Waals surface area (Å²) in [6.07, 6.45) is 0.707. The molecule has 0 aliphatic carbocycles. The van der Waals surface area contributed by atoms with E-state index in [9.17, 15) is 14.9 Å². The molecule has 1 amide bonds. The molecular weight excluding hydrogens is 338 g/mol. The van der Waals surface area contributed by atoms with E-state index in [1.807, 2.05) is 13.8 Å². The molecule has 0 spiro atoms. The van der Waals surface area contributed by atoms with Gasteiger partial charge in [0, 0.05) is 19.7 Å². The van der Waals surface area contributed by atoms with E-state index in [0.717, 1.165) is 5.56 Å². The summed E-state index contributed by atoms with van der Waals surface area (Å²) in [4.78, 5) is 22.3. The molecule has 7 heteroatoms. The number of rotatable bonds is 7. The molecular formula is C14H20BrN3O3. The second-order valence-corrected chi connectivity index (χ2v) is 6.07. The minimum Gasteiger partial charge on any atom is -0.358 e. The third-order valence-electron chi connectivity index (χ3n) is 3.03. The first-order valence-corrected chi connectivity index (χ1v) is 7.52. The van der Waals surface area contributed by atoms with Gasteiger partial charge in [0.25, 0.3) is 5.69 Å². The van der Waals surface area contributed by atoms with Crippen molar-refractivity contribution in [3.8, 4) is 0 Å².